The molecule has 0 spiro atoms. The standard InChI is InChI=1S/C16H16N2O5S/c1-10(13(19)14-18-12(9-24-14)15(20)22-2)17-16(21)23-8-11-6-4-3-5-7-11/h3-7,9-10H,8H2,1-2H3,(H,17,21). The quantitative estimate of drug-likeness (QED) is 0.636. The lowest BCUT2D eigenvalue weighted by molar-refractivity contribution is 0.0594. The Kier molecular flexibility index (Phi) is 6.02. The van der Waals surface area contributed by atoms with Crippen LogP contribution in [0.2, 0.25) is 0 Å². The molecule has 1 heterocycles. The van der Waals surface area contributed by atoms with Gasteiger partial charge in [0.25, 0.3) is 0 Å². The maximum absolute atomic E-state index is 12.2. The molecule has 8 heteroatoms. The van der Waals surface area contributed by atoms with Gasteiger partial charge < -0.3 is 14.8 Å². The van der Waals surface area contributed by atoms with Crippen molar-refractivity contribution in [2.24, 2.45) is 0 Å². The van der Waals surface area contributed by atoms with Gasteiger partial charge in [-0.15, -0.1) is 11.3 Å². The number of nitrogens with one attached hydrogen (secondary N) is 1. The molecule has 0 radical (unpaired) electrons. The summed E-state index contributed by atoms with van der Waals surface area (Å²) in [6, 6.07) is 8.36. The van der Waals surface area contributed by atoms with Crippen molar-refractivity contribution in [3.05, 3.63) is 52.0 Å². The van der Waals surface area contributed by atoms with Crippen molar-refractivity contribution in [3.8, 4) is 0 Å². The van der Waals surface area contributed by atoms with E-state index in [1.54, 1.807) is 0 Å². The first-order valence-electron chi connectivity index (χ1n) is 7.06. The highest BCUT2D eigenvalue weighted by Gasteiger charge is 2.22. The van der Waals surface area contributed by atoms with E-state index in [1.165, 1.54) is 19.4 Å². The fourth-order valence-corrected chi connectivity index (χ4v) is 2.59. The zero-order chi connectivity index (χ0) is 17.5. The largest absolute Gasteiger partial charge is 0.464 e. The van der Waals surface area contributed by atoms with Crippen molar-refractivity contribution in [1.29, 1.82) is 0 Å². The number of nitrogens with zero attached hydrogens (tertiary/aromatic N) is 1. The molecule has 1 amide bonds. The van der Waals surface area contributed by atoms with Gasteiger partial charge in [-0.25, -0.2) is 14.6 Å². The van der Waals surface area contributed by atoms with Crippen LogP contribution in [0.25, 0.3) is 0 Å². The maximum Gasteiger partial charge on any atom is 0.408 e. The second kappa shape index (κ2) is 8.21. The monoisotopic (exact) mass is 348 g/mol. The fraction of sp³-hybridized carbons (Fsp3) is 0.250. The number of benzene rings is 1. The van der Waals surface area contributed by atoms with Crippen LogP contribution in [0.5, 0.6) is 0 Å². The molecule has 126 valence electrons. The first-order chi connectivity index (χ1) is 11.5. The van der Waals surface area contributed by atoms with Gasteiger partial charge in [0, 0.05) is 5.38 Å². The average Bonchev–Trinajstić information content (AvgIpc) is 3.09. The summed E-state index contributed by atoms with van der Waals surface area (Å²) in [5, 5.41) is 3.99. The van der Waals surface area contributed by atoms with E-state index in [4.69, 9.17) is 4.74 Å². The molecule has 0 bridgehead atoms. The first-order valence-corrected chi connectivity index (χ1v) is 7.94. The topological polar surface area (TPSA) is 94.6 Å². The number of ether oxygens (including phenoxy) is 2. The molecule has 1 unspecified atom stereocenters. The minimum absolute atomic E-state index is 0.0599. The maximum atomic E-state index is 12.2. The summed E-state index contributed by atoms with van der Waals surface area (Å²) in [6.07, 6.45) is -0.704. The lowest BCUT2D eigenvalue weighted by atomic mass is 10.2. The molecule has 1 aromatic heterocycles. The second-order valence-corrected chi connectivity index (χ2v) is 5.68. The van der Waals surface area contributed by atoms with Crippen LogP contribution in [0.15, 0.2) is 35.7 Å². The number of ketones is 1. The molecule has 0 saturated heterocycles. The van der Waals surface area contributed by atoms with Crippen LogP contribution in [0.1, 0.15) is 32.8 Å². The molecular weight excluding hydrogens is 332 g/mol. The van der Waals surface area contributed by atoms with Crippen LogP contribution in [0.3, 0.4) is 0 Å². The van der Waals surface area contributed by atoms with E-state index in [0.29, 0.717) is 0 Å². The number of alkyl carbamates (subject to hydrolysis) is 1. The predicted molar refractivity (Wildman–Crippen MR) is 87.0 cm³/mol. The van der Waals surface area contributed by atoms with Crippen LogP contribution in [0.4, 0.5) is 4.79 Å². The third-order valence-electron chi connectivity index (χ3n) is 3.05. The molecule has 2 rings (SSSR count). The third-order valence-corrected chi connectivity index (χ3v) is 3.91. The van der Waals surface area contributed by atoms with Crippen molar-refractivity contribution in [2.45, 2.75) is 19.6 Å². The Bertz CT molecular complexity index is 729. The summed E-state index contributed by atoms with van der Waals surface area (Å²) < 4.78 is 9.58. The number of thiazole rings is 1. The first kappa shape index (κ1) is 17.6. The Morgan fingerprint density at radius 2 is 1.96 bits per heavy atom. The van der Waals surface area contributed by atoms with Gasteiger partial charge in [0.05, 0.1) is 13.2 Å². The molecule has 1 aromatic carbocycles. The number of aromatic nitrogens is 1. The summed E-state index contributed by atoms with van der Waals surface area (Å²) in [4.78, 5) is 39.2. The van der Waals surface area contributed by atoms with Crippen molar-refractivity contribution >= 4 is 29.2 Å². The van der Waals surface area contributed by atoms with Gasteiger partial charge in [-0.3, -0.25) is 4.79 Å². The van der Waals surface area contributed by atoms with E-state index in [0.717, 1.165) is 16.9 Å². The van der Waals surface area contributed by atoms with Gasteiger partial charge >= 0.3 is 12.1 Å². The Hall–Kier alpha value is -2.74. The lowest BCUT2D eigenvalue weighted by Gasteiger charge is -2.11. The van der Waals surface area contributed by atoms with Gasteiger partial charge in [0.15, 0.2) is 10.7 Å². The lowest BCUT2D eigenvalue weighted by Crippen LogP contribution is -2.38. The number of amides is 1. The number of hydrogen-bond donors (Lipinski definition) is 1. The summed E-state index contributed by atoms with van der Waals surface area (Å²) >= 11 is 1.01. The number of carbonyl (C=O) groups is 3. The number of Topliss-reactive ketones (excluding diaryl/α,β-unsaturated/α-hetero) is 1. The van der Waals surface area contributed by atoms with Crippen LogP contribution in [0, 0.1) is 0 Å². The summed E-state index contributed by atoms with van der Waals surface area (Å²) in [7, 11) is 1.23. The third kappa shape index (κ3) is 4.63. The van der Waals surface area contributed by atoms with Gasteiger partial charge in [0.2, 0.25) is 5.78 Å². The van der Waals surface area contributed by atoms with Crippen molar-refractivity contribution in [2.75, 3.05) is 7.11 Å². The Labute approximate surface area is 142 Å². The van der Waals surface area contributed by atoms with Crippen molar-refractivity contribution in [1.82, 2.24) is 10.3 Å². The minimum Gasteiger partial charge on any atom is -0.464 e. The van der Waals surface area contributed by atoms with Crippen LogP contribution in [-0.4, -0.2) is 36.0 Å². The smallest absolute Gasteiger partial charge is 0.408 e. The van der Waals surface area contributed by atoms with E-state index < -0.39 is 23.9 Å². The predicted octanol–water partition coefficient (Wildman–Crippen LogP) is 2.43. The molecule has 7 nitrogen and oxygen atoms in total. The van der Waals surface area contributed by atoms with E-state index in [-0.39, 0.29) is 17.3 Å². The number of rotatable bonds is 6. The SMILES string of the molecule is COC(=O)c1csc(C(=O)C(C)NC(=O)OCc2ccccc2)n1. The second-order valence-electron chi connectivity index (χ2n) is 4.82. The van der Waals surface area contributed by atoms with E-state index in [2.05, 4.69) is 15.0 Å². The Morgan fingerprint density at radius 1 is 1.25 bits per heavy atom. The highest BCUT2D eigenvalue weighted by atomic mass is 32.1. The molecule has 1 N–H and O–H groups in total. The van der Waals surface area contributed by atoms with Crippen molar-refractivity contribution < 1.29 is 23.9 Å². The molecular formula is C16H16N2O5S. The van der Waals surface area contributed by atoms with Crippen LogP contribution >= 0.6 is 11.3 Å². The fourth-order valence-electron chi connectivity index (χ4n) is 1.78. The zero-order valence-electron chi connectivity index (χ0n) is 13.1. The molecule has 24 heavy (non-hydrogen) atoms. The number of carbonyl (C=O) groups excluding carboxylic acids is 3. The number of esters is 1. The van der Waals surface area contributed by atoms with E-state index in [9.17, 15) is 14.4 Å². The molecule has 1 atom stereocenters. The minimum atomic E-state index is -0.829. The van der Waals surface area contributed by atoms with Gasteiger partial charge in [-0.05, 0) is 12.5 Å². The van der Waals surface area contributed by atoms with Crippen LogP contribution in [-0.2, 0) is 16.1 Å². The molecule has 0 saturated carbocycles. The highest BCUT2D eigenvalue weighted by molar-refractivity contribution is 7.12. The zero-order valence-corrected chi connectivity index (χ0v) is 14.0. The average molecular weight is 348 g/mol. The van der Waals surface area contributed by atoms with Crippen LogP contribution < -0.4 is 5.32 Å². The summed E-state index contributed by atoms with van der Waals surface area (Å²) in [5.41, 5.74) is 0.902. The molecule has 0 aliphatic heterocycles. The Morgan fingerprint density at radius 3 is 2.62 bits per heavy atom. The van der Waals surface area contributed by atoms with Gasteiger partial charge in [-0.2, -0.15) is 0 Å². The molecule has 0 aliphatic carbocycles. The molecule has 0 aliphatic rings. The van der Waals surface area contributed by atoms with Gasteiger partial charge in [-0.1, -0.05) is 30.3 Å². The summed E-state index contributed by atoms with van der Waals surface area (Å²) in [5.74, 6) is -1.03. The van der Waals surface area contributed by atoms with E-state index >= 15 is 0 Å². The number of methoxy groups -OCH3 is 1. The molecule has 0 fully saturated rings. The van der Waals surface area contributed by atoms with E-state index in [1.807, 2.05) is 30.3 Å². The Balaban J connectivity index is 1.87. The van der Waals surface area contributed by atoms with Crippen molar-refractivity contribution in [3.63, 3.8) is 0 Å². The summed E-state index contributed by atoms with van der Waals surface area (Å²) in [6.45, 7) is 1.63. The number of hydrogen-bond acceptors (Lipinski definition) is 7. The molecule has 2 aromatic rings. The van der Waals surface area contributed by atoms with Gasteiger partial charge in [0.1, 0.15) is 6.61 Å². The normalized spacial score (nSPS) is 11.4. The highest BCUT2D eigenvalue weighted by Crippen LogP contribution is 2.13.